The molecule has 0 aliphatic carbocycles. The Bertz CT molecular complexity index is 701. The number of hydrogen-bond acceptors (Lipinski definition) is 1. The van der Waals surface area contributed by atoms with Crippen LogP contribution in [-0.2, 0) is 14.1 Å². The number of rotatable bonds is 2. The van der Waals surface area contributed by atoms with Gasteiger partial charge < -0.3 is 0 Å². The van der Waals surface area contributed by atoms with Crippen molar-refractivity contribution in [1.29, 1.82) is 0 Å². The van der Waals surface area contributed by atoms with Crippen molar-refractivity contribution in [3.63, 3.8) is 0 Å². The summed E-state index contributed by atoms with van der Waals surface area (Å²) < 4.78 is 5.87. The average Bonchev–Trinajstić information content (AvgIpc) is 2.82. The quantitative estimate of drug-likeness (QED) is 0.629. The van der Waals surface area contributed by atoms with Gasteiger partial charge in [0.2, 0.25) is 0 Å². The first-order chi connectivity index (χ1) is 9.25. The Labute approximate surface area is 112 Å². The Balaban J connectivity index is 2.11. The molecule has 0 atom stereocenters. The lowest BCUT2D eigenvalue weighted by Gasteiger charge is -1.93. The predicted molar refractivity (Wildman–Crippen MR) is 71.4 cm³/mol. The van der Waals surface area contributed by atoms with Crippen LogP contribution in [0.2, 0.25) is 0 Å². The molecule has 0 saturated heterocycles. The topological polar surface area (TPSA) is 25.6 Å². The zero-order valence-electron chi connectivity index (χ0n) is 11.1. The molecular formula is C15H16N4+2. The molecule has 0 fully saturated rings. The summed E-state index contributed by atoms with van der Waals surface area (Å²) in [6.07, 6.45) is 4.08. The van der Waals surface area contributed by atoms with Gasteiger partial charge in [-0.2, -0.15) is 4.57 Å². The highest BCUT2D eigenvalue weighted by molar-refractivity contribution is 5.45. The van der Waals surface area contributed by atoms with Gasteiger partial charge in [-0.05, 0) is 18.2 Å². The van der Waals surface area contributed by atoms with Gasteiger partial charge in [-0.15, -0.1) is 9.36 Å². The number of nitrogens with zero attached hydrogens (tertiary/aromatic N) is 4. The van der Waals surface area contributed by atoms with Crippen LogP contribution in [0.15, 0.2) is 60.9 Å². The molecule has 1 aromatic carbocycles. The number of aromatic nitrogens is 4. The first-order valence-electron chi connectivity index (χ1n) is 6.22. The fourth-order valence-electron chi connectivity index (χ4n) is 2.15. The highest BCUT2D eigenvalue weighted by Gasteiger charge is 2.22. The molecule has 0 amide bonds. The third-order valence-electron chi connectivity index (χ3n) is 3.16. The monoisotopic (exact) mass is 252 g/mol. The summed E-state index contributed by atoms with van der Waals surface area (Å²) in [4.78, 5) is 0. The predicted octanol–water partition coefficient (Wildman–Crippen LogP) is 1.19. The van der Waals surface area contributed by atoms with E-state index in [2.05, 4.69) is 15.8 Å². The third kappa shape index (κ3) is 2.12. The Morgan fingerprint density at radius 2 is 1.63 bits per heavy atom. The van der Waals surface area contributed by atoms with Crippen LogP contribution < -0.4 is 9.25 Å². The minimum Gasteiger partial charge on any atom is -0.198 e. The molecule has 2 heterocycles. The summed E-state index contributed by atoms with van der Waals surface area (Å²) in [5, 5.41) is 4.52. The molecule has 0 aliphatic rings. The van der Waals surface area contributed by atoms with Gasteiger partial charge >= 0.3 is 0 Å². The Morgan fingerprint density at radius 3 is 2.37 bits per heavy atom. The molecule has 0 radical (unpaired) electrons. The summed E-state index contributed by atoms with van der Waals surface area (Å²) in [6, 6.07) is 16.3. The third-order valence-corrected chi connectivity index (χ3v) is 3.16. The van der Waals surface area contributed by atoms with E-state index in [1.165, 1.54) is 0 Å². The second kappa shape index (κ2) is 4.65. The Morgan fingerprint density at radius 1 is 0.895 bits per heavy atom. The summed E-state index contributed by atoms with van der Waals surface area (Å²) in [5.74, 6) is 0. The molecule has 2 aromatic heterocycles. The minimum absolute atomic E-state index is 1.06. The molecule has 3 rings (SSSR count). The van der Waals surface area contributed by atoms with E-state index < -0.39 is 0 Å². The van der Waals surface area contributed by atoms with Crippen LogP contribution in [0.1, 0.15) is 0 Å². The molecule has 0 unspecified atom stereocenters. The highest BCUT2D eigenvalue weighted by Crippen LogP contribution is 2.11. The van der Waals surface area contributed by atoms with Crippen molar-refractivity contribution in [2.45, 2.75) is 0 Å². The Kier molecular flexibility index (Phi) is 2.83. The van der Waals surface area contributed by atoms with Crippen molar-refractivity contribution in [2.24, 2.45) is 14.1 Å². The van der Waals surface area contributed by atoms with Crippen LogP contribution >= 0.6 is 0 Å². The van der Waals surface area contributed by atoms with E-state index in [1.807, 2.05) is 78.3 Å². The smallest absolute Gasteiger partial charge is 0.198 e. The van der Waals surface area contributed by atoms with E-state index in [4.69, 9.17) is 0 Å². The zero-order chi connectivity index (χ0) is 13.2. The fourth-order valence-corrected chi connectivity index (χ4v) is 2.15. The van der Waals surface area contributed by atoms with Gasteiger partial charge in [0.15, 0.2) is 18.1 Å². The molecule has 0 aliphatic heterocycles. The minimum atomic E-state index is 1.06. The van der Waals surface area contributed by atoms with Gasteiger partial charge in [0.1, 0.15) is 14.1 Å². The van der Waals surface area contributed by atoms with Gasteiger partial charge in [-0.25, -0.2) is 0 Å². The van der Waals surface area contributed by atoms with E-state index in [1.54, 1.807) is 0 Å². The first-order valence-corrected chi connectivity index (χ1v) is 6.22. The van der Waals surface area contributed by atoms with Gasteiger partial charge in [0.25, 0.3) is 11.4 Å². The van der Waals surface area contributed by atoms with Crippen molar-refractivity contribution in [3.05, 3.63) is 60.9 Å². The summed E-state index contributed by atoms with van der Waals surface area (Å²) in [5.41, 5.74) is 3.27. The molecule has 0 saturated carbocycles. The molecule has 4 nitrogen and oxygen atoms in total. The highest BCUT2D eigenvalue weighted by atomic mass is 15.5. The fraction of sp³-hybridized carbons (Fsp3) is 0.133. The van der Waals surface area contributed by atoms with Crippen molar-refractivity contribution < 1.29 is 9.25 Å². The number of aryl methyl sites for hydroxylation is 2. The molecule has 19 heavy (non-hydrogen) atoms. The van der Waals surface area contributed by atoms with Crippen molar-refractivity contribution >= 4 is 0 Å². The molecule has 0 N–H and O–H groups in total. The maximum absolute atomic E-state index is 4.52. The van der Waals surface area contributed by atoms with Crippen LogP contribution in [0, 0.1) is 0 Å². The van der Waals surface area contributed by atoms with Crippen LogP contribution in [-0.4, -0.2) is 9.90 Å². The van der Waals surface area contributed by atoms with Crippen LogP contribution in [0.4, 0.5) is 0 Å². The van der Waals surface area contributed by atoms with Crippen LogP contribution in [0.5, 0.6) is 0 Å². The lowest BCUT2D eigenvalue weighted by Crippen LogP contribution is -2.38. The number of hydrogen-bond donors (Lipinski definition) is 0. The lowest BCUT2D eigenvalue weighted by molar-refractivity contribution is -0.732. The SMILES string of the molecule is C[n+]1ccccc1-c1cn(-c2ccccc2)n[n+]1C. The molecule has 0 bridgehead atoms. The van der Waals surface area contributed by atoms with E-state index >= 15 is 0 Å². The normalized spacial score (nSPS) is 10.6. The van der Waals surface area contributed by atoms with Crippen molar-refractivity contribution in [3.8, 4) is 17.1 Å². The van der Waals surface area contributed by atoms with Crippen molar-refractivity contribution in [2.75, 3.05) is 0 Å². The lowest BCUT2D eigenvalue weighted by atomic mass is 10.2. The van der Waals surface area contributed by atoms with E-state index in [0.717, 1.165) is 17.1 Å². The van der Waals surface area contributed by atoms with Crippen LogP contribution in [0.3, 0.4) is 0 Å². The van der Waals surface area contributed by atoms with E-state index in [-0.39, 0.29) is 0 Å². The average molecular weight is 252 g/mol. The maximum atomic E-state index is 4.52. The van der Waals surface area contributed by atoms with E-state index in [0.29, 0.717) is 0 Å². The summed E-state index contributed by atoms with van der Waals surface area (Å²) in [6.45, 7) is 0. The first kappa shape index (κ1) is 11.6. The number of para-hydroxylation sites is 1. The zero-order valence-corrected chi connectivity index (χ0v) is 11.1. The molecular weight excluding hydrogens is 236 g/mol. The number of pyridine rings is 1. The second-order valence-electron chi connectivity index (χ2n) is 4.50. The number of benzene rings is 1. The van der Waals surface area contributed by atoms with Crippen LogP contribution in [0.25, 0.3) is 17.1 Å². The second-order valence-corrected chi connectivity index (χ2v) is 4.50. The largest absolute Gasteiger partial charge is 0.261 e. The summed E-state index contributed by atoms with van der Waals surface area (Å²) >= 11 is 0. The molecule has 3 aromatic rings. The Hall–Kier alpha value is -2.49. The molecule has 4 heteroatoms. The van der Waals surface area contributed by atoms with Crippen molar-refractivity contribution in [1.82, 2.24) is 9.90 Å². The molecule has 94 valence electrons. The van der Waals surface area contributed by atoms with Gasteiger partial charge in [-0.3, -0.25) is 0 Å². The van der Waals surface area contributed by atoms with Gasteiger partial charge in [0.05, 0.1) is 5.21 Å². The maximum Gasteiger partial charge on any atom is 0.261 e. The standard InChI is InChI=1S/C15H16N4/c1-17-11-7-6-10-14(17)15-12-19(16-18(15)2)13-8-4-3-5-9-13/h3-12H,1-2H3/q+2. The summed E-state index contributed by atoms with van der Waals surface area (Å²) in [7, 11) is 4.00. The van der Waals surface area contributed by atoms with Gasteiger partial charge in [0, 0.05) is 12.1 Å². The molecule has 0 spiro atoms. The van der Waals surface area contributed by atoms with Gasteiger partial charge in [-0.1, -0.05) is 18.2 Å². The van der Waals surface area contributed by atoms with E-state index in [9.17, 15) is 0 Å².